The molecule has 4 rings (SSSR count). The fourth-order valence-corrected chi connectivity index (χ4v) is 4.10. The number of nitrogens with zero attached hydrogens (tertiary/aromatic N) is 4. The first-order chi connectivity index (χ1) is 16.6. The summed E-state index contributed by atoms with van der Waals surface area (Å²) in [6.45, 7) is 2.54. The maximum atomic E-state index is 12.4. The van der Waals surface area contributed by atoms with Gasteiger partial charge in [0.15, 0.2) is 11.0 Å². The van der Waals surface area contributed by atoms with Crippen molar-refractivity contribution >= 4 is 35.5 Å². The number of hydrazone groups is 1. The van der Waals surface area contributed by atoms with Gasteiger partial charge in [0, 0.05) is 16.3 Å². The van der Waals surface area contributed by atoms with E-state index in [-0.39, 0.29) is 11.7 Å². The number of thioether (sulfide) groups is 1. The predicted octanol–water partition coefficient (Wildman–Crippen LogP) is 5.23. The van der Waals surface area contributed by atoms with Gasteiger partial charge in [0.2, 0.25) is 0 Å². The number of rotatable bonds is 9. The van der Waals surface area contributed by atoms with Crippen molar-refractivity contribution in [2.45, 2.75) is 12.1 Å². The smallest absolute Gasteiger partial charge is 0.250 e. The normalized spacial score (nSPS) is 11.0. The van der Waals surface area contributed by atoms with E-state index in [1.54, 1.807) is 18.3 Å². The van der Waals surface area contributed by atoms with Crippen LogP contribution < -0.4 is 10.2 Å². The molecule has 0 aliphatic heterocycles. The first-order valence-electron chi connectivity index (χ1n) is 10.6. The molecule has 9 heteroatoms. The van der Waals surface area contributed by atoms with Crippen molar-refractivity contribution in [2.24, 2.45) is 5.10 Å². The van der Waals surface area contributed by atoms with Crippen LogP contribution in [0.2, 0.25) is 5.02 Å². The molecule has 0 spiro atoms. The third kappa shape index (κ3) is 6.03. The standard InChI is InChI=1S/C25H22ClN5O2S/c1-2-33-22-13-11-21(12-14-22)31-24(19-8-4-3-5-9-19)29-30-25(31)34-17-23(32)28-27-16-18-7-6-10-20(26)15-18/h3-16H,2,17H2,1H3,(H,28,32). The van der Waals surface area contributed by atoms with E-state index in [1.165, 1.54) is 11.8 Å². The number of aromatic nitrogens is 3. The Hall–Kier alpha value is -3.62. The van der Waals surface area contributed by atoms with Gasteiger partial charge < -0.3 is 4.74 Å². The number of halogens is 1. The molecule has 0 aliphatic rings. The van der Waals surface area contributed by atoms with Crippen molar-refractivity contribution in [2.75, 3.05) is 12.4 Å². The molecule has 0 radical (unpaired) electrons. The topological polar surface area (TPSA) is 81.4 Å². The van der Waals surface area contributed by atoms with Gasteiger partial charge in [-0.15, -0.1) is 10.2 Å². The number of benzene rings is 3. The molecule has 7 nitrogen and oxygen atoms in total. The second-order valence-corrected chi connectivity index (χ2v) is 8.45. The van der Waals surface area contributed by atoms with Gasteiger partial charge in [-0.1, -0.05) is 65.8 Å². The van der Waals surface area contributed by atoms with Crippen LogP contribution in [0.3, 0.4) is 0 Å². The van der Waals surface area contributed by atoms with Gasteiger partial charge >= 0.3 is 0 Å². The van der Waals surface area contributed by atoms with Crippen molar-refractivity contribution in [3.63, 3.8) is 0 Å². The summed E-state index contributed by atoms with van der Waals surface area (Å²) in [7, 11) is 0. The lowest BCUT2D eigenvalue weighted by atomic mass is 10.2. The summed E-state index contributed by atoms with van der Waals surface area (Å²) in [5.41, 5.74) is 5.12. The van der Waals surface area contributed by atoms with Crippen LogP contribution >= 0.6 is 23.4 Å². The average Bonchev–Trinajstić information content (AvgIpc) is 3.28. The van der Waals surface area contributed by atoms with Gasteiger partial charge in [0.25, 0.3) is 5.91 Å². The lowest BCUT2D eigenvalue weighted by Crippen LogP contribution is -2.20. The molecule has 0 saturated heterocycles. The fourth-order valence-electron chi connectivity index (χ4n) is 3.16. The quantitative estimate of drug-likeness (QED) is 0.197. The Morgan fingerprint density at radius 2 is 1.88 bits per heavy atom. The van der Waals surface area contributed by atoms with Gasteiger partial charge in [-0.3, -0.25) is 9.36 Å². The van der Waals surface area contributed by atoms with Crippen molar-refractivity contribution in [3.05, 3.63) is 89.4 Å². The molecule has 34 heavy (non-hydrogen) atoms. The van der Waals surface area contributed by atoms with Crippen LogP contribution in [-0.2, 0) is 4.79 Å². The van der Waals surface area contributed by atoms with E-state index in [4.69, 9.17) is 16.3 Å². The Labute approximate surface area is 206 Å². The molecule has 1 amide bonds. The zero-order chi connectivity index (χ0) is 23.8. The van der Waals surface area contributed by atoms with Crippen LogP contribution in [-0.4, -0.2) is 39.2 Å². The Balaban J connectivity index is 1.51. The highest BCUT2D eigenvalue weighted by atomic mass is 35.5. The molecule has 3 aromatic carbocycles. The van der Waals surface area contributed by atoms with Crippen LogP contribution in [0, 0.1) is 0 Å². The van der Waals surface area contributed by atoms with Crippen molar-refractivity contribution in [1.82, 2.24) is 20.2 Å². The summed E-state index contributed by atoms with van der Waals surface area (Å²) in [6.07, 6.45) is 1.55. The third-order valence-electron chi connectivity index (χ3n) is 4.66. The molecule has 0 atom stereocenters. The maximum absolute atomic E-state index is 12.4. The first-order valence-corrected chi connectivity index (χ1v) is 11.9. The Morgan fingerprint density at radius 1 is 1.09 bits per heavy atom. The number of amides is 1. The van der Waals surface area contributed by atoms with E-state index in [9.17, 15) is 4.79 Å². The molecule has 1 N–H and O–H groups in total. The number of ether oxygens (including phenoxy) is 1. The second kappa shape index (κ2) is 11.5. The van der Waals surface area contributed by atoms with E-state index >= 15 is 0 Å². The van der Waals surface area contributed by atoms with Gasteiger partial charge in [-0.05, 0) is 48.9 Å². The molecule has 0 bridgehead atoms. The van der Waals surface area contributed by atoms with E-state index in [0.717, 1.165) is 22.6 Å². The Kier molecular flexibility index (Phi) is 7.95. The molecule has 4 aromatic rings. The van der Waals surface area contributed by atoms with E-state index in [0.29, 0.717) is 22.6 Å². The van der Waals surface area contributed by atoms with Crippen molar-refractivity contribution in [1.29, 1.82) is 0 Å². The molecule has 1 aromatic heterocycles. The maximum Gasteiger partial charge on any atom is 0.250 e. The minimum Gasteiger partial charge on any atom is -0.494 e. The zero-order valence-electron chi connectivity index (χ0n) is 18.4. The molecular weight excluding hydrogens is 470 g/mol. The molecule has 172 valence electrons. The number of nitrogens with one attached hydrogen (secondary N) is 1. The number of hydrogen-bond acceptors (Lipinski definition) is 6. The summed E-state index contributed by atoms with van der Waals surface area (Å²) < 4.78 is 7.49. The number of hydrogen-bond donors (Lipinski definition) is 1. The monoisotopic (exact) mass is 491 g/mol. The van der Waals surface area contributed by atoms with Crippen LogP contribution in [0.1, 0.15) is 12.5 Å². The molecule has 0 fully saturated rings. The lowest BCUT2D eigenvalue weighted by Gasteiger charge is -2.11. The molecule has 1 heterocycles. The second-order valence-electron chi connectivity index (χ2n) is 7.07. The summed E-state index contributed by atoms with van der Waals surface area (Å²) in [5.74, 6) is 1.33. The van der Waals surface area contributed by atoms with Gasteiger partial charge in [0.1, 0.15) is 5.75 Å². The SMILES string of the molecule is CCOc1ccc(-n2c(SCC(=O)NN=Cc3cccc(Cl)c3)nnc2-c2ccccc2)cc1. The lowest BCUT2D eigenvalue weighted by molar-refractivity contribution is -0.118. The van der Waals surface area contributed by atoms with Gasteiger partial charge in [-0.25, -0.2) is 5.43 Å². The minimum absolute atomic E-state index is 0.122. The van der Waals surface area contributed by atoms with Gasteiger partial charge in [0.05, 0.1) is 18.6 Å². The Bertz CT molecular complexity index is 1280. The summed E-state index contributed by atoms with van der Waals surface area (Å²) in [6, 6.07) is 24.7. The highest BCUT2D eigenvalue weighted by Crippen LogP contribution is 2.28. The number of carbonyl (C=O) groups excluding carboxylic acids is 1. The van der Waals surface area contributed by atoms with Crippen LogP contribution in [0.25, 0.3) is 17.1 Å². The van der Waals surface area contributed by atoms with Crippen LogP contribution in [0.5, 0.6) is 5.75 Å². The highest BCUT2D eigenvalue weighted by molar-refractivity contribution is 7.99. The zero-order valence-corrected chi connectivity index (χ0v) is 20.0. The fraction of sp³-hybridized carbons (Fsp3) is 0.120. The van der Waals surface area contributed by atoms with E-state index in [1.807, 2.05) is 78.2 Å². The highest BCUT2D eigenvalue weighted by Gasteiger charge is 2.17. The largest absolute Gasteiger partial charge is 0.494 e. The van der Waals surface area contributed by atoms with Crippen LogP contribution in [0.4, 0.5) is 0 Å². The van der Waals surface area contributed by atoms with E-state index in [2.05, 4.69) is 20.7 Å². The molecule has 0 aliphatic carbocycles. The van der Waals surface area contributed by atoms with Crippen LogP contribution in [0.15, 0.2) is 89.1 Å². The average molecular weight is 492 g/mol. The molecule has 0 saturated carbocycles. The third-order valence-corrected chi connectivity index (χ3v) is 5.82. The first kappa shape index (κ1) is 23.5. The summed E-state index contributed by atoms with van der Waals surface area (Å²) >= 11 is 7.24. The summed E-state index contributed by atoms with van der Waals surface area (Å²) in [5, 5.41) is 13.9. The number of carbonyl (C=O) groups is 1. The van der Waals surface area contributed by atoms with Crippen molar-refractivity contribution < 1.29 is 9.53 Å². The molecular formula is C25H22ClN5O2S. The van der Waals surface area contributed by atoms with Gasteiger partial charge in [-0.2, -0.15) is 5.10 Å². The summed E-state index contributed by atoms with van der Waals surface area (Å²) in [4.78, 5) is 12.4. The Morgan fingerprint density at radius 3 is 2.62 bits per heavy atom. The molecule has 0 unspecified atom stereocenters. The van der Waals surface area contributed by atoms with E-state index < -0.39 is 0 Å². The predicted molar refractivity (Wildman–Crippen MR) is 136 cm³/mol. The van der Waals surface area contributed by atoms with Crippen molar-refractivity contribution in [3.8, 4) is 22.8 Å². The minimum atomic E-state index is -0.259.